The summed E-state index contributed by atoms with van der Waals surface area (Å²) in [6.45, 7) is 2.19. The average Bonchev–Trinajstić information content (AvgIpc) is 2.65. The van der Waals surface area contributed by atoms with E-state index in [2.05, 4.69) is 15.0 Å². The lowest BCUT2D eigenvalue weighted by Crippen LogP contribution is -2.38. The number of pyridine rings is 1. The van der Waals surface area contributed by atoms with E-state index in [1.807, 2.05) is 0 Å². The molecule has 142 valence electrons. The van der Waals surface area contributed by atoms with Crippen LogP contribution in [-0.4, -0.2) is 46.1 Å². The zero-order valence-corrected chi connectivity index (χ0v) is 16.0. The van der Waals surface area contributed by atoms with Gasteiger partial charge < -0.3 is 10.1 Å². The molecule has 1 aromatic heterocycles. The predicted molar refractivity (Wildman–Crippen MR) is 101 cm³/mol. The number of sulfonamides is 1. The van der Waals surface area contributed by atoms with E-state index in [1.165, 1.54) is 19.4 Å². The number of nitrogens with one attached hydrogen (secondary N) is 2. The topological polar surface area (TPSA) is 97.4 Å². The number of carbonyl (C=O) groups excluding carboxylic acids is 1. The van der Waals surface area contributed by atoms with Crippen molar-refractivity contribution in [1.82, 2.24) is 15.0 Å². The molecule has 1 fully saturated rings. The van der Waals surface area contributed by atoms with Crippen LogP contribution in [0.1, 0.15) is 23.3 Å². The number of nitrogens with zero attached hydrogens (tertiary/aromatic N) is 1. The van der Waals surface area contributed by atoms with Crippen LogP contribution in [0.3, 0.4) is 0 Å². The first kappa shape index (κ1) is 20.6. The van der Waals surface area contributed by atoms with Crippen molar-refractivity contribution in [2.24, 2.45) is 5.92 Å². The normalized spacial score (nSPS) is 17.5. The van der Waals surface area contributed by atoms with Gasteiger partial charge in [0.1, 0.15) is 0 Å². The van der Waals surface area contributed by atoms with Crippen molar-refractivity contribution in [3.63, 3.8) is 0 Å². The van der Waals surface area contributed by atoms with E-state index in [0.717, 1.165) is 25.9 Å². The Hall–Kier alpha value is -1.74. The van der Waals surface area contributed by atoms with Gasteiger partial charge in [0.05, 0.1) is 12.0 Å². The summed E-state index contributed by atoms with van der Waals surface area (Å²) in [6.07, 6.45) is 3.47. The number of hydrogen-bond acceptors (Lipinski definition) is 6. The number of methoxy groups -OCH3 is 1. The fourth-order valence-corrected chi connectivity index (χ4v) is 4.41. The number of ether oxygens (including phenoxy) is 1. The number of esters is 1. The molecule has 0 saturated carbocycles. The van der Waals surface area contributed by atoms with Crippen LogP contribution in [-0.2, 0) is 14.8 Å². The number of rotatable bonds is 5. The smallest absolute Gasteiger partial charge is 0.357 e. The Labute approximate surface area is 159 Å². The molecule has 0 spiro atoms. The van der Waals surface area contributed by atoms with Crippen molar-refractivity contribution in [3.8, 4) is 0 Å². The van der Waals surface area contributed by atoms with Gasteiger partial charge in [0.15, 0.2) is 5.69 Å². The highest BCUT2D eigenvalue weighted by Gasteiger charge is 2.22. The number of piperidine rings is 1. The summed E-state index contributed by atoms with van der Waals surface area (Å²) in [7, 11) is -2.43. The third-order valence-electron chi connectivity index (χ3n) is 4.40. The monoisotopic (exact) mass is 399 g/mol. The first-order valence-electron chi connectivity index (χ1n) is 8.19. The molecule has 3 rings (SSSR count). The SMILES string of the molecule is COC(=O)c1nccc2c(S(=O)(=O)NCC3CCCNC3)cccc12.Cl. The highest BCUT2D eigenvalue weighted by atomic mass is 35.5. The van der Waals surface area contributed by atoms with Crippen LogP contribution in [0.5, 0.6) is 0 Å². The minimum absolute atomic E-state index is 0. The Morgan fingerprint density at radius 3 is 2.85 bits per heavy atom. The molecule has 1 aliphatic heterocycles. The number of hydrogen-bond donors (Lipinski definition) is 2. The van der Waals surface area contributed by atoms with Crippen molar-refractivity contribution >= 4 is 39.2 Å². The Kier molecular flexibility index (Phi) is 6.94. The molecule has 1 unspecified atom stereocenters. The molecule has 1 saturated heterocycles. The number of carbonyl (C=O) groups is 1. The summed E-state index contributed by atoms with van der Waals surface area (Å²) in [4.78, 5) is 16.0. The van der Waals surface area contributed by atoms with E-state index < -0.39 is 16.0 Å². The number of halogens is 1. The molecule has 1 aromatic carbocycles. The van der Waals surface area contributed by atoms with Gasteiger partial charge in [-0.05, 0) is 44.0 Å². The lowest BCUT2D eigenvalue weighted by Gasteiger charge is -2.23. The lowest BCUT2D eigenvalue weighted by molar-refractivity contribution is 0.0596. The summed E-state index contributed by atoms with van der Waals surface area (Å²) in [6, 6.07) is 6.40. The molecule has 0 aliphatic carbocycles. The molecule has 0 amide bonds. The van der Waals surface area contributed by atoms with Crippen LogP contribution in [0.25, 0.3) is 10.8 Å². The minimum Gasteiger partial charge on any atom is -0.464 e. The maximum atomic E-state index is 12.8. The van der Waals surface area contributed by atoms with Crippen molar-refractivity contribution in [1.29, 1.82) is 0 Å². The van der Waals surface area contributed by atoms with Gasteiger partial charge in [-0.3, -0.25) is 0 Å². The highest BCUT2D eigenvalue weighted by molar-refractivity contribution is 7.89. The fraction of sp³-hybridized carbons (Fsp3) is 0.412. The zero-order valence-electron chi connectivity index (χ0n) is 14.4. The minimum atomic E-state index is -3.69. The van der Waals surface area contributed by atoms with Gasteiger partial charge in [0.2, 0.25) is 10.0 Å². The summed E-state index contributed by atoms with van der Waals surface area (Å²) in [5.41, 5.74) is 0.105. The molecule has 0 bridgehead atoms. The van der Waals surface area contributed by atoms with Gasteiger partial charge in [0.25, 0.3) is 0 Å². The van der Waals surface area contributed by atoms with Crippen LogP contribution >= 0.6 is 12.4 Å². The van der Waals surface area contributed by atoms with Gasteiger partial charge in [-0.25, -0.2) is 22.9 Å². The van der Waals surface area contributed by atoms with Gasteiger partial charge >= 0.3 is 5.97 Å². The van der Waals surface area contributed by atoms with E-state index in [0.29, 0.717) is 17.3 Å². The van der Waals surface area contributed by atoms with Gasteiger partial charge in [-0.2, -0.15) is 0 Å². The number of benzene rings is 1. The number of aromatic nitrogens is 1. The Balaban J connectivity index is 0.00000243. The quantitative estimate of drug-likeness (QED) is 0.743. The summed E-state index contributed by atoms with van der Waals surface area (Å²) < 4.78 is 33.0. The van der Waals surface area contributed by atoms with Crippen LogP contribution in [0.2, 0.25) is 0 Å². The standard InChI is InChI=1S/C17H21N3O4S.ClH/c1-24-17(21)16-14-5-2-6-15(13(14)7-9-19-16)25(22,23)20-11-12-4-3-8-18-10-12;/h2,5-7,9,12,18,20H,3-4,8,10-11H2,1H3;1H. The van der Waals surface area contributed by atoms with E-state index >= 15 is 0 Å². The fourth-order valence-electron chi connectivity index (χ4n) is 3.08. The Morgan fingerprint density at radius 2 is 2.15 bits per heavy atom. The van der Waals surface area contributed by atoms with Crippen LogP contribution in [0.15, 0.2) is 35.4 Å². The Morgan fingerprint density at radius 1 is 1.35 bits per heavy atom. The number of fused-ring (bicyclic) bond motifs is 1. The molecule has 26 heavy (non-hydrogen) atoms. The molecule has 7 nitrogen and oxygen atoms in total. The van der Waals surface area contributed by atoms with Gasteiger partial charge in [-0.1, -0.05) is 12.1 Å². The molecule has 2 heterocycles. The maximum absolute atomic E-state index is 12.8. The van der Waals surface area contributed by atoms with E-state index in [1.54, 1.807) is 18.2 Å². The predicted octanol–water partition coefficient (Wildman–Crippen LogP) is 1.72. The largest absolute Gasteiger partial charge is 0.464 e. The summed E-state index contributed by atoms with van der Waals surface area (Å²) >= 11 is 0. The molecule has 2 N–H and O–H groups in total. The van der Waals surface area contributed by atoms with Gasteiger partial charge in [0, 0.05) is 23.5 Å². The Bertz CT molecular complexity index is 883. The molecular weight excluding hydrogens is 378 g/mol. The van der Waals surface area contributed by atoms with E-state index in [-0.39, 0.29) is 28.9 Å². The molecule has 1 aliphatic rings. The average molecular weight is 400 g/mol. The lowest BCUT2D eigenvalue weighted by atomic mass is 10.0. The maximum Gasteiger partial charge on any atom is 0.357 e. The van der Waals surface area contributed by atoms with Crippen molar-refractivity contribution in [2.75, 3.05) is 26.7 Å². The first-order valence-corrected chi connectivity index (χ1v) is 9.67. The molecule has 9 heteroatoms. The second-order valence-corrected chi connectivity index (χ2v) is 7.80. The molecule has 2 aromatic rings. The molecule has 1 atom stereocenters. The third-order valence-corrected chi connectivity index (χ3v) is 5.88. The third kappa shape index (κ3) is 4.32. The van der Waals surface area contributed by atoms with Crippen molar-refractivity contribution in [3.05, 3.63) is 36.2 Å². The van der Waals surface area contributed by atoms with Crippen LogP contribution in [0.4, 0.5) is 0 Å². The van der Waals surface area contributed by atoms with E-state index in [9.17, 15) is 13.2 Å². The molecular formula is C17H22ClN3O4S. The van der Waals surface area contributed by atoms with Crippen LogP contribution in [0, 0.1) is 5.92 Å². The highest BCUT2D eigenvalue weighted by Crippen LogP contribution is 2.25. The van der Waals surface area contributed by atoms with Gasteiger partial charge in [-0.15, -0.1) is 12.4 Å². The van der Waals surface area contributed by atoms with Crippen molar-refractivity contribution in [2.45, 2.75) is 17.7 Å². The summed E-state index contributed by atoms with van der Waals surface area (Å²) in [5, 5.41) is 4.18. The first-order chi connectivity index (χ1) is 12.0. The van der Waals surface area contributed by atoms with Crippen molar-refractivity contribution < 1.29 is 17.9 Å². The second kappa shape index (κ2) is 8.77. The summed E-state index contributed by atoms with van der Waals surface area (Å²) in [5.74, 6) is -0.313. The van der Waals surface area contributed by atoms with E-state index in [4.69, 9.17) is 4.74 Å². The molecule has 0 radical (unpaired) electrons. The zero-order chi connectivity index (χ0) is 17.9. The van der Waals surface area contributed by atoms with Crippen LogP contribution < -0.4 is 10.0 Å². The second-order valence-electron chi connectivity index (χ2n) is 6.07.